The third kappa shape index (κ3) is 4.14. The first-order valence-corrected chi connectivity index (χ1v) is 9.72. The molecule has 4 rings (SSSR count). The SMILES string of the molecule is Nc1ccc2[nH]c(=O)n([C@H]3CCCN(C(=O)Cc4cccc(OC(F)F)c4)C3)c2c1. The summed E-state index contributed by atoms with van der Waals surface area (Å²) in [5.74, 6) is -0.101. The highest BCUT2D eigenvalue weighted by molar-refractivity contribution is 5.80. The molecule has 0 radical (unpaired) electrons. The van der Waals surface area contributed by atoms with E-state index in [4.69, 9.17) is 5.73 Å². The van der Waals surface area contributed by atoms with Crippen LogP contribution in [0.1, 0.15) is 24.4 Å². The number of nitrogens with one attached hydrogen (secondary N) is 1. The first kappa shape index (κ1) is 19.9. The number of rotatable bonds is 5. The number of imidazole rings is 1. The van der Waals surface area contributed by atoms with Crippen molar-refractivity contribution in [1.82, 2.24) is 14.5 Å². The number of aromatic nitrogens is 2. The Hall–Kier alpha value is -3.36. The number of carbonyl (C=O) groups excluding carboxylic acids is 1. The van der Waals surface area contributed by atoms with E-state index < -0.39 is 6.61 Å². The number of benzene rings is 2. The second kappa shape index (κ2) is 8.17. The molecule has 0 bridgehead atoms. The number of H-pyrrole nitrogens is 1. The van der Waals surface area contributed by atoms with Gasteiger partial charge in [-0.3, -0.25) is 9.36 Å². The van der Waals surface area contributed by atoms with Crippen LogP contribution in [0.25, 0.3) is 11.0 Å². The van der Waals surface area contributed by atoms with Gasteiger partial charge in [0.1, 0.15) is 5.75 Å². The van der Waals surface area contributed by atoms with Crippen molar-refractivity contribution in [3.05, 3.63) is 58.5 Å². The summed E-state index contributed by atoms with van der Waals surface area (Å²) in [6, 6.07) is 11.2. The summed E-state index contributed by atoms with van der Waals surface area (Å²) in [4.78, 5) is 29.9. The molecule has 30 heavy (non-hydrogen) atoms. The molecular formula is C21H22F2N4O3. The molecule has 0 unspecified atom stereocenters. The number of hydrogen-bond donors (Lipinski definition) is 2. The molecule has 7 nitrogen and oxygen atoms in total. The zero-order chi connectivity index (χ0) is 21.3. The number of likely N-dealkylation sites (tertiary alicyclic amines) is 1. The quantitative estimate of drug-likeness (QED) is 0.626. The van der Waals surface area contributed by atoms with Crippen molar-refractivity contribution in [2.75, 3.05) is 18.8 Å². The van der Waals surface area contributed by atoms with Crippen LogP contribution in [0.3, 0.4) is 0 Å². The van der Waals surface area contributed by atoms with Crippen molar-refractivity contribution in [3.63, 3.8) is 0 Å². The highest BCUT2D eigenvalue weighted by Gasteiger charge is 2.27. The minimum absolute atomic E-state index is 0.0229. The molecule has 2 heterocycles. The molecule has 0 spiro atoms. The molecule has 158 valence electrons. The Balaban J connectivity index is 1.51. The Morgan fingerprint density at radius 1 is 1.27 bits per heavy atom. The van der Waals surface area contributed by atoms with Gasteiger partial charge in [-0.15, -0.1) is 0 Å². The van der Waals surface area contributed by atoms with Gasteiger partial charge in [0.25, 0.3) is 0 Å². The van der Waals surface area contributed by atoms with Crippen LogP contribution in [-0.2, 0) is 11.2 Å². The Bertz CT molecular complexity index is 1120. The molecule has 1 fully saturated rings. The molecule has 0 saturated carbocycles. The first-order valence-electron chi connectivity index (χ1n) is 9.72. The van der Waals surface area contributed by atoms with Gasteiger partial charge in [0, 0.05) is 18.8 Å². The van der Waals surface area contributed by atoms with Gasteiger partial charge in [0.2, 0.25) is 5.91 Å². The number of alkyl halides is 2. The normalized spacial score (nSPS) is 16.9. The van der Waals surface area contributed by atoms with Crippen LogP contribution in [0.5, 0.6) is 5.75 Å². The van der Waals surface area contributed by atoms with Gasteiger partial charge in [0.05, 0.1) is 23.5 Å². The van der Waals surface area contributed by atoms with Crippen LogP contribution in [0.2, 0.25) is 0 Å². The Morgan fingerprint density at radius 2 is 2.10 bits per heavy atom. The predicted molar refractivity (Wildman–Crippen MR) is 109 cm³/mol. The van der Waals surface area contributed by atoms with E-state index >= 15 is 0 Å². The van der Waals surface area contributed by atoms with E-state index in [1.165, 1.54) is 12.1 Å². The maximum absolute atomic E-state index is 12.8. The van der Waals surface area contributed by atoms with E-state index in [2.05, 4.69) is 9.72 Å². The van der Waals surface area contributed by atoms with Crippen LogP contribution in [0.4, 0.5) is 14.5 Å². The van der Waals surface area contributed by atoms with Crippen LogP contribution >= 0.6 is 0 Å². The summed E-state index contributed by atoms with van der Waals surface area (Å²) in [7, 11) is 0. The van der Waals surface area contributed by atoms with E-state index in [9.17, 15) is 18.4 Å². The average Bonchev–Trinajstić information content (AvgIpc) is 3.02. The van der Waals surface area contributed by atoms with Crippen LogP contribution in [0.15, 0.2) is 47.3 Å². The fourth-order valence-corrected chi connectivity index (χ4v) is 4.01. The van der Waals surface area contributed by atoms with Crippen LogP contribution in [0, 0.1) is 0 Å². The maximum Gasteiger partial charge on any atom is 0.387 e. The Morgan fingerprint density at radius 3 is 2.90 bits per heavy atom. The monoisotopic (exact) mass is 416 g/mol. The van der Waals surface area contributed by atoms with Gasteiger partial charge in [-0.2, -0.15) is 8.78 Å². The average molecular weight is 416 g/mol. The summed E-state index contributed by atoms with van der Waals surface area (Å²) in [6.07, 6.45) is 1.60. The number of nitrogens with two attached hydrogens (primary N) is 1. The largest absolute Gasteiger partial charge is 0.435 e. The molecular weight excluding hydrogens is 394 g/mol. The highest BCUT2D eigenvalue weighted by Crippen LogP contribution is 2.26. The van der Waals surface area contributed by atoms with Crippen molar-refractivity contribution in [3.8, 4) is 5.75 Å². The standard InChI is InChI=1S/C21H22F2N4O3/c22-20(23)30-16-5-1-3-13(9-16)10-19(28)26-8-2-4-15(12-26)27-18-11-14(24)6-7-17(18)25-21(27)29/h1,3,5-7,9,11,15,20H,2,4,8,10,12,24H2,(H,25,29)/t15-/m0/s1. The van der Waals surface area contributed by atoms with E-state index in [0.29, 0.717) is 29.9 Å². The lowest BCUT2D eigenvalue weighted by molar-refractivity contribution is -0.132. The van der Waals surface area contributed by atoms with Gasteiger partial charge in [0.15, 0.2) is 0 Å². The van der Waals surface area contributed by atoms with Gasteiger partial charge in [-0.25, -0.2) is 4.79 Å². The van der Waals surface area contributed by atoms with Gasteiger partial charge in [-0.05, 0) is 48.7 Å². The van der Waals surface area contributed by atoms with E-state index in [0.717, 1.165) is 18.4 Å². The van der Waals surface area contributed by atoms with Crippen molar-refractivity contribution in [2.24, 2.45) is 0 Å². The number of halogens is 2. The first-order chi connectivity index (χ1) is 14.4. The van der Waals surface area contributed by atoms with Crippen molar-refractivity contribution in [1.29, 1.82) is 0 Å². The number of hydrogen-bond acceptors (Lipinski definition) is 4. The third-order valence-corrected chi connectivity index (χ3v) is 5.34. The number of nitrogen functional groups attached to an aromatic ring is 1. The van der Waals surface area contributed by atoms with Crippen LogP contribution in [-0.4, -0.2) is 40.1 Å². The van der Waals surface area contributed by atoms with E-state index in [1.807, 2.05) is 0 Å². The molecule has 3 aromatic rings. The minimum atomic E-state index is -2.91. The number of piperidine rings is 1. The molecule has 1 aliphatic rings. The van der Waals surface area contributed by atoms with Gasteiger partial charge in [-0.1, -0.05) is 12.1 Å². The molecule has 0 aliphatic carbocycles. The highest BCUT2D eigenvalue weighted by atomic mass is 19.3. The second-order valence-corrected chi connectivity index (χ2v) is 7.42. The van der Waals surface area contributed by atoms with E-state index in [1.54, 1.807) is 39.8 Å². The third-order valence-electron chi connectivity index (χ3n) is 5.34. The molecule has 9 heteroatoms. The number of nitrogens with zero attached hydrogens (tertiary/aromatic N) is 2. The van der Waals surface area contributed by atoms with Crippen molar-refractivity contribution < 1.29 is 18.3 Å². The Labute approximate surface area is 171 Å². The lowest BCUT2D eigenvalue weighted by atomic mass is 10.0. The molecule has 1 amide bonds. The molecule has 1 saturated heterocycles. The van der Waals surface area contributed by atoms with Crippen molar-refractivity contribution >= 4 is 22.6 Å². The molecule has 1 aliphatic heterocycles. The lowest BCUT2D eigenvalue weighted by Gasteiger charge is -2.33. The minimum Gasteiger partial charge on any atom is -0.435 e. The summed E-state index contributed by atoms with van der Waals surface area (Å²) in [5.41, 5.74) is 8.23. The summed E-state index contributed by atoms with van der Waals surface area (Å²) >= 11 is 0. The number of carbonyl (C=O) groups is 1. The summed E-state index contributed by atoms with van der Waals surface area (Å²) < 4.78 is 30.9. The number of ether oxygens (including phenoxy) is 1. The fourth-order valence-electron chi connectivity index (χ4n) is 4.01. The van der Waals surface area contributed by atoms with Gasteiger partial charge >= 0.3 is 12.3 Å². The number of amides is 1. The second-order valence-electron chi connectivity index (χ2n) is 7.42. The summed E-state index contributed by atoms with van der Waals surface area (Å²) in [6.45, 7) is -1.93. The van der Waals surface area contributed by atoms with Crippen molar-refractivity contribution in [2.45, 2.75) is 31.9 Å². The van der Waals surface area contributed by atoms with Gasteiger partial charge < -0.3 is 20.4 Å². The molecule has 3 N–H and O–H groups in total. The maximum atomic E-state index is 12.8. The molecule has 2 aromatic carbocycles. The lowest BCUT2D eigenvalue weighted by Crippen LogP contribution is -2.43. The summed E-state index contributed by atoms with van der Waals surface area (Å²) in [5, 5.41) is 0. The molecule has 1 aromatic heterocycles. The van der Waals surface area contributed by atoms with E-state index in [-0.39, 0.29) is 29.8 Å². The zero-order valence-corrected chi connectivity index (χ0v) is 16.2. The zero-order valence-electron chi connectivity index (χ0n) is 16.2. The molecule has 1 atom stereocenters. The predicted octanol–water partition coefficient (Wildman–Crippen LogP) is 2.92. The Kier molecular flexibility index (Phi) is 5.43. The smallest absolute Gasteiger partial charge is 0.387 e. The topological polar surface area (TPSA) is 93.4 Å². The number of aromatic amines is 1. The number of fused-ring (bicyclic) bond motifs is 1. The fraction of sp³-hybridized carbons (Fsp3) is 0.333. The number of anilines is 1. The van der Waals surface area contributed by atoms with Crippen LogP contribution < -0.4 is 16.2 Å².